The highest BCUT2D eigenvalue weighted by atomic mass is 32.1. The van der Waals surface area contributed by atoms with Crippen LogP contribution in [-0.4, -0.2) is 11.2 Å². The predicted molar refractivity (Wildman–Crippen MR) is 133 cm³/mol. The summed E-state index contributed by atoms with van der Waals surface area (Å²) in [7, 11) is 0. The Morgan fingerprint density at radius 2 is 1.65 bits per heavy atom. The second-order valence-electron chi connectivity index (χ2n) is 8.35. The minimum atomic E-state index is -0.0215. The molecule has 0 spiro atoms. The van der Waals surface area contributed by atoms with E-state index in [1.807, 2.05) is 30.3 Å². The van der Waals surface area contributed by atoms with Gasteiger partial charge in [-0.2, -0.15) is 0 Å². The Morgan fingerprint density at radius 1 is 0.935 bits per heavy atom. The highest BCUT2D eigenvalue weighted by molar-refractivity contribution is 7.80. The van der Waals surface area contributed by atoms with Gasteiger partial charge in [-0.05, 0) is 92.7 Å². The third-order valence-corrected chi connectivity index (χ3v) is 6.08. The molecule has 0 radical (unpaired) electrons. The van der Waals surface area contributed by atoms with E-state index in [1.54, 1.807) is 0 Å². The molecule has 0 saturated heterocycles. The number of ether oxygens (including phenoxy) is 1. The number of thiocarbonyl (C=S) groups is 1. The molecule has 1 atom stereocenters. The van der Waals surface area contributed by atoms with Gasteiger partial charge in [0, 0.05) is 5.69 Å². The minimum Gasteiger partial charge on any atom is -0.490 e. The van der Waals surface area contributed by atoms with Crippen molar-refractivity contribution < 1.29 is 4.74 Å². The summed E-state index contributed by atoms with van der Waals surface area (Å²) in [5.74, 6) is 0.925. The van der Waals surface area contributed by atoms with E-state index in [2.05, 4.69) is 66.9 Å². The van der Waals surface area contributed by atoms with E-state index in [0.717, 1.165) is 24.3 Å². The first-order valence-corrected chi connectivity index (χ1v) is 11.5. The van der Waals surface area contributed by atoms with Crippen LogP contribution in [-0.2, 0) is 0 Å². The summed E-state index contributed by atoms with van der Waals surface area (Å²) >= 11 is 5.68. The summed E-state index contributed by atoms with van der Waals surface area (Å²) in [5, 5.41) is 7.44. The van der Waals surface area contributed by atoms with Crippen molar-refractivity contribution in [3.8, 4) is 5.75 Å². The fourth-order valence-corrected chi connectivity index (χ4v) is 4.49. The second-order valence-corrected chi connectivity index (χ2v) is 8.76. The van der Waals surface area contributed by atoms with Gasteiger partial charge in [0.15, 0.2) is 5.11 Å². The standard InChI is InChI=1S/C27H30N2OS/c1-19-12-17-25(20(2)18-19)26(21-8-4-3-5-9-21)29-27(31)28-22-13-15-24(16-14-22)30-23-10-6-7-11-23/h3-5,8-9,12-18,23,26H,6-7,10-11H2,1-2H3,(H2,28,29,31)/t26-/m0/s1. The molecule has 160 valence electrons. The van der Waals surface area contributed by atoms with Crippen molar-refractivity contribution in [2.45, 2.75) is 51.7 Å². The molecule has 0 bridgehead atoms. The van der Waals surface area contributed by atoms with Gasteiger partial charge in [0.1, 0.15) is 5.75 Å². The van der Waals surface area contributed by atoms with Gasteiger partial charge in [-0.15, -0.1) is 0 Å². The van der Waals surface area contributed by atoms with Crippen molar-refractivity contribution in [3.63, 3.8) is 0 Å². The highest BCUT2D eigenvalue weighted by Gasteiger charge is 2.18. The van der Waals surface area contributed by atoms with E-state index in [0.29, 0.717) is 11.2 Å². The van der Waals surface area contributed by atoms with Crippen LogP contribution in [0.2, 0.25) is 0 Å². The lowest BCUT2D eigenvalue weighted by atomic mass is 9.94. The Kier molecular flexibility index (Phi) is 6.88. The van der Waals surface area contributed by atoms with Crippen molar-refractivity contribution in [3.05, 3.63) is 95.1 Å². The van der Waals surface area contributed by atoms with E-state index in [1.165, 1.54) is 35.1 Å². The number of hydrogen-bond donors (Lipinski definition) is 2. The molecule has 3 aromatic carbocycles. The molecule has 1 aliphatic rings. The van der Waals surface area contributed by atoms with Crippen molar-refractivity contribution in [2.75, 3.05) is 5.32 Å². The summed E-state index contributed by atoms with van der Waals surface area (Å²) in [5.41, 5.74) is 5.86. The molecular formula is C27H30N2OS. The number of aryl methyl sites for hydroxylation is 2. The molecule has 1 aliphatic carbocycles. The second kappa shape index (κ2) is 9.97. The molecule has 0 aromatic heterocycles. The van der Waals surface area contributed by atoms with Crippen LogP contribution in [0.5, 0.6) is 5.75 Å². The number of rotatable bonds is 6. The van der Waals surface area contributed by atoms with Gasteiger partial charge < -0.3 is 15.4 Å². The minimum absolute atomic E-state index is 0.0215. The first-order valence-electron chi connectivity index (χ1n) is 11.0. The Balaban J connectivity index is 1.46. The van der Waals surface area contributed by atoms with E-state index < -0.39 is 0 Å². The smallest absolute Gasteiger partial charge is 0.171 e. The molecule has 0 amide bonds. The SMILES string of the molecule is Cc1ccc([C@@H](NC(=S)Nc2ccc(OC3CCCC3)cc2)c2ccccc2)c(C)c1. The topological polar surface area (TPSA) is 33.3 Å². The Bertz CT molecular complexity index is 1010. The van der Waals surface area contributed by atoms with Crippen LogP contribution in [0.25, 0.3) is 0 Å². The van der Waals surface area contributed by atoms with Gasteiger partial charge in [0.05, 0.1) is 12.1 Å². The average molecular weight is 431 g/mol. The molecule has 3 aromatic rings. The van der Waals surface area contributed by atoms with Crippen LogP contribution in [0.4, 0.5) is 5.69 Å². The Labute approximate surface area is 190 Å². The largest absolute Gasteiger partial charge is 0.490 e. The third-order valence-electron chi connectivity index (χ3n) is 5.86. The Hall–Kier alpha value is -2.85. The summed E-state index contributed by atoms with van der Waals surface area (Å²) in [6.45, 7) is 4.27. The maximum atomic E-state index is 6.06. The van der Waals surface area contributed by atoms with Crippen LogP contribution in [0.3, 0.4) is 0 Å². The fraction of sp³-hybridized carbons (Fsp3) is 0.296. The molecule has 31 heavy (non-hydrogen) atoms. The lowest BCUT2D eigenvalue weighted by Crippen LogP contribution is -2.33. The van der Waals surface area contributed by atoms with Crippen molar-refractivity contribution in [1.82, 2.24) is 5.32 Å². The summed E-state index contributed by atoms with van der Waals surface area (Å²) in [6.07, 6.45) is 5.23. The number of hydrogen-bond acceptors (Lipinski definition) is 2. The maximum absolute atomic E-state index is 6.06. The van der Waals surface area contributed by atoms with E-state index in [-0.39, 0.29) is 6.04 Å². The molecule has 1 fully saturated rings. The van der Waals surface area contributed by atoms with Gasteiger partial charge >= 0.3 is 0 Å². The van der Waals surface area contributed by atoms with Crippen molar-refractivity contribution >= 4 is 23.0 Å². The van der Waals surface area contributed by atoms with E-state index in [9.17, 15) is 0 Å². The normalized spacial score (nSPS) is 14.8. The first-order chi connectivity index (χ1) is 15.1. The molecule has 4 heteroatoms. The zero-order valence-corrected chi connectivity index (χ0v) is 19.0. The fourth-order valence-electron chi connectivity index (χ4n) is 4.25. The van der Waals surface area contributed by atoms with Crippen LogP contribution in [0.15, 0.2) is 72.8 Å². The van der Waals surface area contributed by atoms with Gasteiger partial charge in [-0.3, -0.25) is 0 Å². The van der Waals surface area contributed by atoms with Crippen LogP contribution in [0.1, 0.15) is 54.0 Å². The highest BCUT2D eigenvalue weighted by Crippen LogP contribution is 2.27. The lowest BCUT2D eigenvalue weighted by Gasteiger charge is -2.24. The number of anilines is 1. The molecule has 4 rings (SSSR count). The maximum Gasteiger partial charge on any atom is 0.171 e. The predicted octanol–water partition coefficient (Wildman–Crippen LogP) is 6.70. The Morgan fingerprint density at radius 3 is 2.32 bits per heavy atom. The monoisotopic (exact) mass is 430 g/mol. The zero-order chi connectivity index (χ0) is 21.6. The average Bonchev–Trinajstić information content (AvgIpc) is 3.28. The van der Waals surface area contributed by atoms with Crippen LogP contribution < -0.4 is 15.4 Å². The molecule has 1 saturated carbocycles. The third kappa shape index (κ3) is 5.65. The quantitative estimate of drug-likeness (QED) is 0.426. The lowest BCUT2D eigenvalue weighted by molar-refractivity contribution is 0.210. The number of nitrogens with one attached hydrogen (secondary N) is 2. The summed E-state index contributed by atoms with van der Waals surface area (Å²) in [6, 6.07) is 25.0. The first kappa shape index (κ1) is 21.4. The van der Waals surface area contributed by atoms with Crippen LogP contribution >= 0.6 is 12.2 Å². The van der Waals surface area contributed by atoms with Crippen LogP contribution in [0, 0.1) is 13.8 Å². The van der Waals surface area contributed by atoms with Gasteiger partial charge in [0.2, 0.25) is 0 Å². The van der Waals surface area contributed by atoms with Gasteiger partial charge in [0.25, 0.3) is 0 Å². The van der Waals surface area contributed by atoms with Crippen molar-refractivity contribution in [2.24, 2.45) is 0 Å². The van der Waals surface area contributed by atoms with E-state index >= 15 is 0 Å². The molecule has 0 unspecified atom stereocenters. The van der Waals surface area contributed by atoms with E-state index in [4.69, 9.17) is 17.0 Å². The number of benzene rings is 3. The summed E-state index contributed by atoms with van der Waals surface area (Å²) in [4.78, 5) is 0. The molecule has 3 nitrogen and oxygen atoms in total. The zero-order valence-electron chi connectivity index (χ0n) is 18.2. The molecule has 2 N–H and O–H groups in total. The summed E-state index contributed by atoms with van der Waals surface area (Å²) < 4.78 is 6.06. The molecule has 0 heterocycles. The molecule has 0 aliphatic heterocycles. The molecular weight excluding hydrogens is 400 g/mol. The van der Waals surface area contributed by atoms with Crippen molar-refractivity contribution in [1.29, 1.82) is 0 Å². The van der Waals surface area contributed by atoms with Gasteiger partial charge in [-0.25, -0.2) is 0 Å². The van der Waals surface area contributed by atoms with Gasteiger partial charge in [-0.1, -0.05) is 54.1 Å².